The summed E-state index contributed by atoms with van der Waals surface area (Å²) >= 11 is 1.67. The molecule has 0 saturated carbocycles. The highest BCUT2D eigenvalue weighted by Gasteiger charge is 2.17. The van der Waals surface area contributed by atoms with Gasteiger partial charge in [-0.05, 0) is 31.3 Å². The Bertz CT molecular complexity index is 669. The fraction of sp³-hybridized carbons (Fsp3) is 0.316. The van der Waals surface area contributed by atoms with Gasteiger partial charge in [0.05, 0.1) is 12.2 Å². The molecule has 0 atom stereocenters. The van der Waals surface area contributed by atoms with Crippen molar-refractivity contribution in [1.82, 2.24) is 9.80 Å². The number of carbonyl (C=O) groups is 1. The average Bonchev–Trinajstić information content (AvgIpc) is 2.60. The van der Waals surface area contributed by atoms with Crippen LogP contribution in [0.25, 0.3) is 0 Å². The van der Waals surface area contributed by atoms with E-state index < -0.39 is 0 Å². The minimum absolute atomic E-state index is 0.0562. The number of carbonyl (C=O) groups excluding carboxylic acids is 1. The summed E-state index contributed by atoms with van der Waals surface area (Å²) in [6.45, 7) is 4.40. The van der Waals surface area contributed by atoms with E-state index in [1.807, 2.05) is 42.5 Å². The summed E-state index contributed by atoms with van der Waals surface area (Å²) in [7, 11) is 2.12. The maximum Gasteiger partial charge on any atom is 0.238 e. The topological polar surface area (TPSA) is 35.6 Å². The Morgan fingerprint density at radius 2 is 1.67 bits per heavy atom. The molecule has 2 aromatic carbocycles. The second kappa shape index (κ2) is 8.33. The van der Waals surface area contributed by atoms with Crippen molar-refractivity contribution >= 4 is 23.4 Å². The zero-order chi connectivity index (χ0) is 16.8. The first-order valence-electron chi connectivity index (χ1n) is 8.23. The van der Waals surface area contributed by atoms with Crippen molar-refractivity contribution in [2.24, 2.45) is 0 Å². The average molecular weight is 341 g/mol. The van der Waals surface area contributed by atoms with E-state index in [1.54, 1.807) is 11.8 Å². The molecule has 0 aliphatic carbocycles. The number of amides is 1. The van der Waals surface area contributed by atoms with Gasteiger partial charge in [-0.1, -0.05) is 42.1 Å². The Labute approximate surface area is 147 Å². The molecule has 0 bridgehead atoms. The number of nitrogens with zero attached hydrogens (tertiary/aromatic N) is 2. The van der Waals surface area contributed by atoms with E-state index in [2.05, 4.69) is 34.3 Å². The van der Waals surface area contributed by atoms with Crippen molar-refractivity contribution in [1.29, 1.82) is 0 Å². The van der Waals surface area contributed by atoms with E-state index in [9.17, 15) is 4.79 Å². The number of anilines is 1. The number of hydrogen-bond donors (Lipinski definition) is 1. The zero-order valence-electron chi connectivity index (χ0n) is 13.9. The summed E-state index contributed by atoms with van der Waals surface area (Å²) in [5.41, 5.74) is 0.880. The van der Waals surface area contributed by atoms with Crippen LogP contribution < -0.4 is 5.32 Å². The van der Waals surface area contributed by atoms with Gasteiger partial charge in [0.2, 0.25) is 5.91 Å². The monoisotopic (exact) mass is 341 g/mol. The third-order valence-electron chi connectivity index (χ3n) is 4.10. The predicted molar refractivity (Wildman–Crippen MR) is 99.6 cm³/mol. The lowest BCUT2D eigenvalue weighted by atomic mass is 10.3. The number of para-hydroxylation sites is 1. The Balaban J connectivity index is 1.61. The number of nitrogens with one attached hydrogen (secondary N) is 1. The SMILES string of the molecule is CN1CCN(CC(=O)Nc2ccccc2Sc2ccccc2)CC1. The first-order chi connectivity index (χ1) is 11.7. The smallest absolute Gasteiger partial charge is 0.238 e. The molecule has 126 valence electrons. The molecule has 0 spiro atoms. The van der Waals surface area contributed by atoms with Crippen LogP contribution in [0.4, 0.5) is 5.69 Å². The third kappa shape index (κ3) is 4.84. The second-order valence-electron chi connectivity index (χ2n) is 6.04. The molecular weight excluding hydrogens is 318 g/mol. The molecule has 4 nitrogen and oxygen atoms in total. The highest BCUT2D eigenvalue weighted by molar-refractivity contribution is 7.99. The van der Waals surface area contributed by atoms with Crippen molar-refractivity contribution in [3.63, 3.8) is 0 Å². The lowest BCUT2D eigenvalue weighted by molar-refractivity contribution is -0.117. The molecule has 1 heterocycles. The van der Waals surface area contributed by atoms with E-state index >= 15 is 0 Å². The number of hydrogen-bond acceptors (Lipinski definition) is 4. The lowest BCUT2D eigenvalue weighted by Crippen LogP contribution is -2.47. The van der Waals surface area contributed by atoms with Crippen LogP contribution in [0.3, 0.4) is 0 Å². The van der Waals surface area contributed by atoms with Crippen molar-refractivity contribution < 1.29 is 4.79 Å². The van der Waals surface area contributed by atoms with Gasteiger partial charge in [0.1, 0.15) is 0 Å². The number of benzene rings is 2. The van der Waals surface area contributed by atoms with E-state index in [4.69, 9.17) is 0 Å². The molecule has 1 saturated heterocycles. The van der Waals surface area contributed by atoms with Gasteiger partial charge in [0.25, 0.3) is 0 Å². The van der Waals surface area contributed by atoms with Gasteiger partial charge in [-0.3, -0.25) is 9.69 Å². The van der Waals surface area contributed by atoms with Crippen LogP contribution >= 0.6 is 11.8 Å². The molecule has 0 radical (unpaired) electrons. The maximum atomic E-state index is 12.4. The molecule has 1 amide bonds. The summed E-state index contributed by atoms with van der Waals surface area (Å²) in [6, 6.07) is 18.2. The minimum atomic E-state index is 0.0562. The van der Waals surface area contributed by atoms with Crippen LogP contribution in [-0.2, 0) is 4.79 Å². The minimum Gasteiger partial charge on any atom is -0.324 e. The van der Waals surface area contributed by atoms with Crippen LogP contribution in [-0.4, -0.2) is 55.5 Å². The Hall–Kier alpha value is -1.82. The van der Waals surface area contributed by atoms with Crippen LogP contribution in [0.15, 0.2) is 64.4 Å². The highest BCUT2D eigenvalue weighted by Crippen LogP contribution is 2.33. The quantitative estimate of drug-likeness (QED) is 0.907. The predicted octanol–water partition coefficient (Wildman–Crippen LogP) is 3.02. The molecule has 24 heavy (non-hydrogen) atoms. The second-order valence-corrected chi connectivity index (χ2v) is 7.15. The lowest BCUT2D eigenvalue weighted by Gasteiger charge is -2.31. The summed E-state index contributed by atoms with van der Waals surface area (Å²) in [5.74, 6) is 0.0562. The van der Waals surface area contributed by atoms with Crippen LogP contribution in [0.2, 0.25) is 0 Å². The number of piperazine rings is 1. The van der Waals surface area contributed by atoms with Crippen LogP contribution in [0.5, 0.6) is 0 Å². The van der Waals surface area contributed by atoms with Gasteiger partial charge < -0.3 is 10.2 Å². The van der Waals surface area contributed by atoms with Crippen molar-refractivity contribution in [3.05, 3.63) is 54.6 Å². The van der Waals surface area contributed by atoms with Crippen molar-refractivity contribution in [3.8, 4) is 0 Å². The standard InChI is InChI=1S/C19H23N3OS/c1-21-11-13-22(14-12-21)15-19(23)20-17-9-5-6-10-18(17)24-16-7-3-2-4-8-16/h2-10H,11-15H2,1H3,(H,20,23). The zero-order valence-corrected chi connectivity index (χ0v) is 14.8. The van der Waals surface area contributed by atoms with Crippen LogP contribution in [0.1, 0.15) is 0 Å². The summed E-state index contributed by atoms with van der Waals surface area (Å²) in [6.07, 6.45) is 0. The number of rotatable bonds is 5. The molecule has 1 fully saturated rings. The van der Waals surface area contributed by atoms with Gasteiger partial charge in [-0.25, -0.2) is 0 Å². The van der Waals surface area contributed by atoms with Gasteiger partial charge in [-0.15, -0.1) is 0 Å². The molecule has 0 aromatic heterocycles. The fourth-order valence-electron chi connectivity index (χ4n) is 2.67. The molecule has 1 N–H and O–H groups in total. The van der Waals surface area contributed by atoms with Gasteiger partial charge in [0, 0.05) is 36.0 Å². The number of likely N-dealkylation sites (N-methyl/N-ethyl adjacent to an activating group) is 1. The molecule has 3 rings (SSSR count). The van der Waals surface area contributed by atoms with Crippen molar-refractivity contribution in [2.45, 2.75) is 9.79 Å². The third-order valence-corrected chi connectivity index (χ3v) is 5.18. The van der Waals surface area contributed by atoms with Gasteiger partial charge in [-0.2, -0.15) is 0 Å². The first-order valence-corrected chi connectivity index (χ1v) is 9.05. The van der Waals surface area contributed by atoms with E-state index in [1.165, 1.54) is 4.90 Å². The summed E-state index contributed by atoms with van der Waals surface area (Å²) in [5, 5.41) is 3.07. The van der Waals surface area contributed by atoms with Crippen molar-refractivity contribution in [2.75, 3.05) is 45.1 Å². The van der Waals surface area contributed by atoms with Crippen LogP contribution in [0, 0.1) is 0 Å². The van der Waals surface area contributed by atoms with Gasteiger partial charge in [0.15, 0.2) is 0 Å². The molecule has 1 aliphatic rings. The normalized spacial score (nSPS) is 16.0. The van der Waals surface area contributed by atoms with E-state index in [0.717, 1.165) is 36.8 Å². The molecule has 0 unspecified atom stereocenters. The Morgan fingerprint density at radius 1 is 1.00 bits per heavy atom. The highest BCUT2D eigenvalue weighted by atomic mass is 32.2. The van der Waals surface area contributed by atoms with E-state index in [-0.39, 0.29) is 5.91 Å². The maximum absolute atomic E-state index is 12.4. The van der Waals surface area contributed by atoms with E-state index in [0.29, 0.717) is 6.54 Å². The molecule has 5 heteroatoms. The summed E-state index contributed by atoms with van der Waals surface area (Å²) in [4.78, 5) is 19.1. The molecule has 2 aromatic rings. The summed E-state index contributed by atoms with van der Waals surface area (Å²) < 4.78 is 0. The largest absolute Gasteiger partial charge is 0.324 e. The molecule has 1 aliphatic heterocycles. The molecular formula is C19H23N3OS. The Kier molecular flexibility index (Phi) is 5.91. The van der Waals surface area contributed by atoms with Gasteiger partial charge >= 0.3 is 0 Å². The fourth-order valence-corrected chi connectivity index (χ4v) is 3.60. The first kappa shape index (κ1) is 17.0. The Morgan fingerprint density at radius 3 is 2.42 bits per heavy atom.